The number of nitrogens with zero attached hydrogens (tertiary/aromatic N) is 1. The number of para-hydroxylation sites is 2. The van der Waals surface area contributed by atoms with E-state index in [1.807, 2.05) is 59.5 Å². The van der Waals surface area contributed by atoms with E-state index in [0.29, 0.717) is 37.7 Å². The van der Waals surface area contributed by atoms with Gasteiger partial charge in [-0.05, 0) is 48.7 Å². The second kappa shape index (κ2) is 10.5. The number of piperidine rings is 1. The Labute approximate surface area is 188 Å². The zero-order valence-corrected chi connectivity index (χ0v) is 18.3. The minimum absolute atomic E-state index is 0.0192. The number of nitrogens with one attached hydrogen (secondary N) is 1. The zero-order chi connectivity index (χ0) is 22.3. The Kier molecular flexibility index (Phi) is 7.29. The zero-order valence-electron chi connectivity index (χ0n) is 18.3. The number of fused-ring (bicyclic) bond motifs is 1. The van der Waals surface area contributed by atoms with Crippen molar-refractivity contribution >= 4 is 12.0 Å². The highest BCUT2D eigenvalue weighted by atomic mass is 16.6. The van der Waals surface area contributed by atoms with Crippen molar-refractivity contribution in [1.82, 2.24) is 10.2 Å². The molecule has 0 aliphatic carbocycles. The lowest BCUT2D eigenvalue weighted by molar-refractivity contribution is -0.127. The van der Waals surface area contributed by atoms with Crippen LogP contribution in [0.5, 0.6) is 17.2 Å². The Hall–Kier alpha value is -3.03. The molecule has 2 aromatic carbocycles. The van der Waals surface area contributed by atoms with Crippen LogP contribution in [-0.4, -0.2) is 67.5 Å². The van der Waals surface area contributed by atoms with Crippen LogP contribution >= 0.6 is 0 Å². The molecule has 1 fully saturated rings. The van der Waals surface area contributed by atoms with Gasteiger partial charge in [-0.1, -0.05) is 24.3 Å². The molecule has 2 heterocycles. The van der Waals surface area contributed by atoms with Crippen LogP contribution in [0.4, 0.5) is 0 Å². The van der Waals surface area contributed by atoms with Gasteiger partial charge in [-0.2, -0.15) is 0 Å². The molecule has 1 amide bonds. The van der Waals surface area contributed by atoms with Gasteiger partial charge < -0.3 is 29.5 Å². The molecule has 4 rings (SSSR count). The molecule has 2 N–H and O–H groups in total. The molecule has 7 heteroatoms. The van der Waals surface area contributed by atoms with Gasteiger partial charge in [-0.15, -0.1) is 0 Å². The minimum Gasteiger partial charge on any atom is -0.497 e. The maximum Gasteiger partial charge on any atom is 0.246 e. The molecular weight excluding hydrogens is 408 g/mol. The number of hydrogen-bond donors (Lipinski definition) is 2. The maximum absolute atomic E-state index is 12.5. The molecule has 1 saturated heterocycles. The molecule has 0 radical (unpaired) electrons. The van der Waals surface area contributed by atoms with Crippen molar-refractivity contribution in [2.45, 2.75) is 31.1 Å². The van der Waals surface area contributed by atoms with E-state index in [1.165, 1.54) is 0 Å². The van der Waals surface area contributed by atoms with Crippen molar-refractivity contribution in [2.75, 3.05) is 33.4 Å². The lowest BCUT2D eigenvalue weighted by Crippen LogP contribution is -2.50. The first-order chi connectivity index (χ1) is 15.6. The predicted molar refractivity (Wildman–Crippen MR) is 122 cm³/mol. The quantitative estimate of drug-likeness (QED) is 0.647. The van der Waals surface area contributed by atoms with Gasteiger partial charge in [0, 0.05) is 31.8 Å². The molecule has 2 aromatic rings. The van der Waals surface area contributed by atoms with Crippen molar-refractivity contribution in [2.24, 2.45) is 0 Å². The summed E-state index contributed by atoms with van der Waals surface area (Å²) in [5.74, 6) is 2.19. The molecule has 0 spiro atoms. The molecule has 0 saturated carbocycles. The highest BCUT2D eigenvalue weighted by molar-refractivity contribution is 5.91. The standard InChI is InChI=1S/C25H30N2O5/c1-30-20-9-6-18(7-10-20)8-11-25(29)27-14-12-19(13-15-27)26-16-21(28)24-17-31-22-4-2-3-5-23(22)32-24/h2-11,19,21,24,26,28H,12-17H2,1H3/b11-8+. The normalized spacial score (nSPS) is 19.7. The summed E-state index contributed by atoms with van der Waals surface area (Å²) >= 11 is 0. The molecular formula is C25H30N2O5. The number of hydrogen-bond acceptors (Lipinski definition) is 6. The van der Waals surface area contributed by atoms with Gasteiger partial charge >= 0.3 is 0 Å². The van der Waals surface area contributed by atoms with E-state index >= 15 is 0 Å². The van der Waals surface area contributed by atoms with Crippen LogP contribution in [-0.2, 0) is 4.79 Å². The summed E-state index contributed by atoms with van der Waals surface area (Å²) in [5.41, 5.74) is 0.959. The summed E-state index contributed by atoms with van der Waals surface area (Å²) in [6.45, 7) is 2.13. The first-order valence-electron chi connectivity index (χ1n) is 11.0. The highest BCUT2D eigenvalue weighted by Crippen LogP contribution is 2.31. The monoisotopic (exact) mass is 438 g/mol. The smallest absolute Gasteiger partial charge is 0.246 e. The van der Waals surface area contributed by atoms with Crippen molar-refractivity contribution in [3.05, 3.63) is 60.2 Å². The van der Waals surface area contributed by atoms with E-state index in [4.69, 9.17) is 14.2 Å². The first kappa shape index (κ1) is 22.2. The summed E-state index contributed by atoms with van der Waals surface area (Å²) in [7, 11) is 1.63. The Morgan fingerprint density at radius 2 is 1.91 bits per heavy atom. The SMILES string of the molecule is COc1ccc(/C=C/C(=O)N2CCC(NCC(O)C3COc4ccccc4O3)CC2)cc1. The van der Waals surface area contributed by atoms with Crippen molar-refractivity contribution < 1.29 is 24.1 Å². The van der Waals surface area contributed by atoms with Gasteiger partial charge in [0.1, 0.15) is 18.5 Å². The van der Waals surface area contributed by atoms with Crippen LogP contribution in [0.1, 0.15) is 18.4 Å². The summed E-state index contributed by atoms with van der Waals surface area (Å²) in [5, 5.41) is 13.9. The lowest BCUT2D eigenvalue weighted by Gasteiger charge is -2.34. The fraction of sp³-hybridized carbons (Fsp3) is 0.400. The van der Waals surface area contributed by atoms with E-state index in [-0.39, 0.29) is 11.9 Å². The number of methoxy groups -OCH3 is 1. The molecule has 0 bridgehead atoms. The summed E-state index contributed by atoms with van der Waals surface area (Å²) in [4.78, 5) is 14.4. The fourth-order valence-electron chi connectivity index (χ4n) is 3.94. The molecule has 170 valence electrons. The van der Waals surface area contributed by atoms with Crippen molar-refractivity contribution in [3.8, 4) is 17.2 Å². The topological polar surface area (TPSA) is 80.3 Å². The van der Waals surface area contributed by atoms with E-state index in [1.54, 1.807) is 13.2 Å². The van der Waals surface area contributed by atoms with Gasteiger partial charge in [0.25, 0.3) is 0 Å². The van der Waals surface area contributed by atoms with Gasteiger partial charge in [0.15, 0.2) is 17.6 Å². The molecule has 0 aromatic heterocycles. The molecule has 2 unspecified atom stereocenters. The summed E-state index contributed by atoms with van der Waals surface area (Å²) in [6.07, 6.45) is 4.07. The third-order valence-electron chi connectivity index (χ3n) is 5.92. The third kappa shape index (κ3) is 5.60. The number of benzene rings is 2. The van der Waals surface area contributed by atoms with E-state index in [2.05, 4.69) is 5.32 Å². The maximum atomic E-state index is 12.5. The second-order valence-electron chi connectivity index (χ2n) is 8.10. The second-order valence-corrected chi connectivity index (χ2v) is 8.10. The highest BCUT2D eigenvalue weighted by Gasteiger charge is 2.29. The minimum atomic E-state index is -0.671. The first-order valence-corrected chi connectivity index (χ1v) is 11.0. The van der Waals surface area contributed by atoms with Gasteiger partial charge in [-0.3, -0.25) is 4.79 Å². The molecule has 2 atom stereocenters. The number of carbonyl (C=O) groups is 1. The number of likely N-dealkylation sites (tertiary alicyclic amines) is 1. The largest absolute Gasteiger partial charge is 0.497 e. The van der Waals surface area contributed by atoms with Crippen LogP contribution in [0, 0.1) is 0 Å². The number of aliphatic hydroxyl groups excluding tert-OH is 1. The molecule has 2 aliphatic rings. The van der Waals surface area contributed by atoms with Gasteiger partial charge in [0.05, 0.1) is 7.11 Å². The number of ether oxygens (including phenoxy) is 3. The van der Waals surface area contributed by atoms with Crippen LogP contribution in [0.15, 0.2) is 54.6 Å². The average Bonchev–Trinajstić information content (AvgIpc) is 2.86. The Morgan fingerprint density at radius 1 is 1.19 bits per heavy atom. The van der Waals surface area contributed by atoms with E-state index in [9.17, 15) is 9.90 Å². The number of carbonyl (C=O) groups excluding carboxylic acids is 1. The van der Waals surface area contributed by atoms with Crippen LogP contribution in [0.3, 0.4) is 0 Å². The third-order valence-corrected chi connectivity index (χ3v) is 5.92. The Balaban J connectivity index is 1.18. The lowest BCUT2D eigenvalue weighted by atomic mass is 10.0. The van der Waals surface area contributed by atoms with Gasteiger partial charge in [0.2, 0.25) is 5.91 Å². The van der Waals surface area contributed by atoms with Crippen LogP contribution < -0.4 is 19.5 Å². The summed E-state index contributed by atoms with van der Waals surface area (Å²) in [6, 6.07) is 15.3. The van der Waals surface area contributed by atoms with E-state index < -0.39 is 12.2 Å². The Bertz CT molecular complexity index is 922. The predicted octanol–water partition coefficient (Wildman–Crippen LogP) is 2.49. The number of amides is 1. The molecule has 7 nitrogen and oxygen atoms in total. The fourth-order valence-corrected chi connectivity index (χ4v) is 3.94. The Morgan fingerprint density at radius 3 is 2.62 bits per heavy atom. The average molecular weight is 439 g/mol. The summed E-state index contributed by atoms with van der Waals surface area (Å²) < 4.78 is 16.7. The van der Waals surface area contributed by atoms with Crippen molar-refractivity contribution in [1.29, 1.82) is 0 Å². The van der Waals surface area contributed by atoms with Crippen molar-refractivity contribution in [3.63, 3.8) is 0 Å². The van der Waals surface area contributed by atoms with Gasteiger partial charge in [-0.25, -0.2) is 0 Å². The number of rotatable bonds is 7. The number of aliphatic hydroxyl groups is 1. The van der Waals surface area contributed by atoms with Crippen LogP contribution in [0.25, 0.3) is 6.08 Å². The van der Waals surface area contributed by atoms with Crippen LogP contribution in [0.2, 0.25) is 0 Å². The molecule has 2 aliphatic heterocycles. The van der Waals surface area contributed by atoms with E-state index in [0.717, 1.165) is 24.2 Å². The molecule has 32 heavy (non-hydrogen) atoms.